The molecule has 1 aromatic heterocycles. The fourth-order valence-corrected chi connectivity index (χ4v) is 3.83. The molecule has 4 nitrogen and oxygen atoms in total. The van der Waals surface area contributed by atoms with Crippen molar-refractivity contribution in [3.8, 4) is 0 Å². The number of carboxylic acid groups (broad SMARTS) is 1. The molecule has 19 heavy (non-hydrogen) atoms. The maximum absolute atomic E-state index is 11.5. The first-order valence-electron chi connectivity index (χ1n) is 6.30. The van der Waals surface area contributed by atoms with Crippen molar-refractivity contribution in [2.24, 2.45) is 5.41 Å². The highest BCUT2D eigenvalue weighted by molar-refractivity contribution is 9.10. The van der Waals surface area contributed by atoms with E-state index in [2.05, 4.69) is 34.2 Å². The van der Waals surface area contributed by atoms with Crippen LogP contribution in [0, 0.1) is 12.3 Å². The highest BCUT2D eigenvalue weighted by Crippen LogP contribution is 2.31. The lowest BCUT2D eigenvalue weighted by atomic mass is 9.80. The number of hydrogen-bond donors (Lipinski definition) is 2. The number of thiophene rings is 1. The molecule has 1 saturated heterocycles. The van der Waals surface area contributed by atoms with E-state index in [0.29, 0.717) is 39.1 Å². The summed E-state index contributed by atoms with van der Waals surface area (Å²) in [5.74, 6) is -0.716. The molecular weight excluding hydrogens is 330 g/mol. The smallest absolute Gasteiger partial charge is 0.311 e. The van der Waals surface area contributed by atoms with Gasteiger partial charge in [-0.05, 0) is 41.8 Å². The number of halogens is 1. The molecule has 0 spiro atoms. The van der Waals surface area contributed by atoms with Crippen molar-refractivity contribution < 1.29 is 14.6 Å². The largest absolute Gasteiger partial charge is 0.481 e. The minimum Gasteiger partial charge on any atom is -0.481 e. The van der Waals surface area contributed by atoms with Crippen LogP contribution < -0.4 is 5.32 Å². The molecule has 0 amide bonds. The molecule has 0 aromatic carbocycles. The van der Waals surface area contributed by atoms with E-state index in [9.17, 15) is 9.90 Å². The zero-order valence-corrected chi connectivity index (χ0v) is 13.3. The topological polar surface area (TPSA) is 58.6 Å². The molecule has 0 bridgehead atoms. The molecule has 2 rings (SSSR count). The standard InChI is InChI=1S/C13H18BrNO3S/c1-9-11(14)6-10(19-9)7-15-8-13(12(16)17)2-4-18-5-3-13/h6,15H,2-5,7-8H2,1H3,(H,16,17). The molecule has 1 fully saturated rings. The van der Waals surface area contributed by atoms with Gasteiger partial charge in [-0.1, -0.05) is 0 Å². The van der Waals surface area contributed by atoms with Crippen LogP contribution in [-0.2, 0) is 16.1 Å². The van der Waals surface area contributed by atoms with Crippen LogP contribution in [0.3, 0.4) is 0 Å². The number of aryl methyl sites for hydroxylation is 1. The lowest BCUT2D eigenvalue weighted by Crippen LogP contribution is -2.44. The molecule has 0 aliphatic carbocycles. The van der Waals surface area contributed by atoms with E-state index < -0.39 is 11.4 Å². The Morgan fingerprint density at radius 2 is 2.26 bits per heavy atom. The monoisotopic (exact) mass is 347 g/mol. The Morgan fingerprint density at radius 1 is 1.58 bits per heavy atom. The van der Waals surface area contributed by atoms with Crippen molar-refractivity contribution in [2.75, 3.05) is 19.8 Å². The second kappa shape index (κ2) is 6.35. The predicted molar refractivity (Wildman–Crippen MR) is 78.6 cm³/mol. The Bertz CT molecular complexity index is 435. The lowest BCUT2D eigenvalue weighted by molar-refractivity contribution is -0.154. The summed E-state index contributed by atoms with van der Waals surface area (Å²) in [6.07, 6.45) is 1.17. The highest BCUT2D eigenvalue weighted by Gasteiger charge is 2.39. The summed E-state index contributed by atoms with van der Waals surface area (Å²) in [6.45, 7) is 4.36. The molecule has 106 valence electrons. The van der Waals surface area contributed by atoms with E-state index in [4.69, 9.17) is 4.74 Å². The van der Waals surface area contributed by atoms with Crippen LogP contribution in [0.2, 0.25) is 0 Å². The SMILES string of the molecule is Cc1sc(CNCC2(C(=O)O)CCOCC2)cc1Br. The Hall–Kier alpha value is -0.430. The summed E-state index contributed by atoms with van der Waals surface area (Å²) >= 11 is 5.22. The summed E-state index contributed by atoms with van der Waals surface area (Å²) in [4.78, 5) is 13.9. The molecule has 2 N–H and O–H groups in total. The molecule has 0 saturated carbocycles. The quantitative estimate of drug-likeness (QED) is 0.859. The van der Waals surface area contributed by atoms with Crippen LogP contribution >= 0.6 is 27.3 Å². The Morgan fingerprint density at radius 3 is 2.79 bits per heavy atom. The average Bonchev–Trinajstić information content (AvgIpc) is 2.69. The molecular formula is C13H18BrNO3S. The Kier molecular flexibility index (Phi) is 5.00. The van der Waals surface area contributed by atoms with Crippen LogP contribution in [0.4, 0.5) is 0 Å². The first-order chi connectivity index (χ1) is 9.03. The van der Waals surface area contributed by atoms with Gasteiger partial charge >= 0.3 is 5.97 Å². The third-order valence-corrected chi connectivity index (χ3v) is 5.71. The van der Waals surface area contributed by atoms with Gasteiger partial charge in [-0.3, -0.25) is 4.79 Å². The van der Waals surface area contributed by atoms with Gasteiger partial charge in [0.15, 0.2) is 0 Å². The number of carboxylic acids is 1. The first kappa shape index (κ1) is 15.0. The molecule has 1 aromatic rings. The van der Waals surface area contributed by atoms with Crippen molar-refractivity contribution in [3.05, 3.63) is 20.3 Å². The zero-order chi connectivity index (χ0) is 13.9. The third kappa shape index (κ3) is 3.56. The van der Waals surface area contributed by atoms with Gasteiger partial charge in [-0.2, -0.15) is 0 Å². The van der Waals surface area contributed by atoms with Crippen molar-refractivity contribution in [2.45, 2.75) is 26.3 Å². The maximum Gasteiger partial charge on any atom is 0.311 e. The van der Waals surface area contributed by atoms with Crippen molar-refractivity contribution in [1.29, 1.82) is 0 Å². The fourth-order valence-electron chi connectivity index (χ4n) is 2.26. The first-order valence-corrected chi connectivity index (χ1v) is 7.91. The van der Waals surface area contributed by atoms with Crippen LogP contribution in [0.5, 0.6) is 0 Å². The summed E-state index contributed by atoms with van der Waals surface area (Å²) in [7, 11) is 0. The van der Waals surface area contributed by atoms with Crippen molar-refractivity contribution in [1.82, 2.24) is 5.32 Å². The number of nitrogens with one attached hydrogen (secondary N) is 1. The van der Waals surface area contributed by atoms with Gasteiger partial charge in [-0.15, -0.1) is 11.3 Å². The van der Waals surface area contributed by atoms with Crippen LogP contribution in [0.25, 0.3) is 0 Å². The van der Waals surface area contributed by atoms with Crippen LogP contribution in [0.1, 0.15) is 22.6 Å². The van der Waals surface area contributed by atoms with Crippen molar-refractivity contribution in [3.63, 3.8) is 0 Å². The molecule has 2 heterocycles. The van der Waals surface area contributed by atoms with Gasteiger partial charge < -0.3 is 15.2 Å². The second-order valence-electron chi connectivity index (χ2n) is 4.92. The number of carbonyl (C=O) groups is 1. The minimum atomic E-state index is -0.716. The van der Waals surface area contributed by atoms with Gasteiger partial charge in [0.25, 0.3) is 0 Å². The van der Waals surface area contributed by atoms with Crippen molar-refractivity contribution >= 4 is 33.2 Å². The fraction of sp³-hybridized carbons (Fsp3) is 0.615. The number of aliphatic carboxylic acids is 1. The predicted octanol–water partition coefficient (Wildman–Crippen LogP) is 2.79. The number of rotatable bonds is 5. The summed E-state index contributed by atoms with van der Waals surface area (Å²) in [6, 6.07) is 2.09. The Balaban J connectivity index is 1.90. The molecule has 0 unspecified atom stereocenters. The average molecular weight is 348 g/mol. The van der Waals surface area contributed by atoms with E-state index >= 15 is 0 Å². The van der Waals surface area contributed by atoms with E-state index in [1.54, 1.807) is 11.3 Å². The van der Waals surface area contributed by atoms with E-state index in [1.807, 2.05) is 0 Å². The normalized spacial score (nSPS) is 18.4. The molecule has 1 aliphatic rings. The van der Waals surface area contributed by atoms with Gasteiger partial charge in [0, 0.05) is 40.5 Å². The van der Waals surface area contributed by atoms with E-state index in [1.165, 1.54) is 9.75 Å². The second-order valence-corrected chi connectivity index (χ2v) is 7.11. The van der Waals surface area contributed by atoms with Gasteiger partial charge in [0.05, 0.1) is 5.41 Å². The lowest BCUT2D eigenvalue weighted by Gasteiger charge is -2.33. The van der Waals surface area contributed by atoms with Crippen LogP contribution in [-0.4, -0.2) is 30.8 Å². The maximum atomic E-state index is 11.5. The molecule has 6 heteroatoms. The zero-order valence-electron chi connectivity index (χ0n) is 10.9. The van der Waals surface area contributed by atoms with E-state index in [0.717, 1.165) is 4.47 Å². The highest BCUT2D eigenvalue weighted by atomic mass is 79.9. The van der Waals surface area contributed by atoms with Crippen LogP contribution in [0.15, 0.2) is 10.5 Å². The number of hydrogen-bond acceptors (Lipinski definition) is 4. The molecule has 1 aliphatic heterocycles. The minimum absolute atomic E-state index is 0.500. The van der Waals surface area contributed by atoms with Gasteiger partial charge in [0.1, 0.15) is 0 Å². The van der Waals surface area contributed by atoms with Gasteiger partial charge in [0.2, 0.25) is 0 Å². The third-order valence-electron chi connectivity index (χ3n) is 3.57. The summed E-state index contributed by atoms with van der Waals surface area (Å²) < 4.78 is 6.38. The molecule has 0 atom stereocenters. The molecule has 0 radical (unpaired) electrons. The summed E-state index contributed by atoms with van der Waals surface area (Å²) in [5.41, 5.74) is -0.665. The van der Waals surface area contributed by atoms with E-state index in [-0.39, 0.29) is 0 Å². The number of ether oxygens (including phenoxy) is 1. The Labute approximate surface area is 125 Å². The summed E-state index contributed by atoms with van der Waals surface area (Å²) in [5, 5.41) is 12.7. The van der Waals surface area contributed by atoms with Gasteiger partial charge in [-0.25, -0.2) is 0 Å².